The lowest BCUT2D eigenvalue weighted by molar-refractivity contribution is 0.172. The zero-order valence-corrected chi connectivity index (χ0v) is 12.7. The lowest BCUT2D eigenvalue weighted by atomic mass is 10.2. The maximum atomic E-state index is 12.3. The molecule has 1 atom stereocenters. The van der Waals surface area contributed by atoms with E-state index in [2.05, 4.69) is 5.32 Å². The first kappa shape index (κ1) is 16.1. The van der Waals surface area contributed by atoms with Crippen molar-refractivity contribution in [1.82, 2.24) is 10.2 Å². The van der Waals surface area contributed by atoms with E-state index in [1.54, 1.807) is 11.0 Å². The number of urea groups is 1. The van der Waals surface area contributed by atoms with Crippen LogP contribution in [0.2, 0.25) is 5.02 Å². The van der Waals surface area contributed by atoms with Gasteiger partial charge in [0.1, 0.15) is 0 Å². The maximum Gasteiger partial charge on any atom is 0.317 e. The third-order valence-electron chi connectivity index (χ3n) is 3.39. The van der Waals surface area contributed by atoms with Gasteiger partial charge in [0.15, 0.2) is 0 Å². The summed E-state index contributed by atoms with van der Waals surface area (Å²) in [4.78, 5) is 14.0. The quantitative estimate of drug-likeness (QED) is 0.845. The molecule has 2 rings (SSSR count). The SMILES string of the molecule is O=C(NC1CCOC1)N(CCCO)Cc1cccc(Cl)c1. The Balaban J connectivity index is 1.97. The summed E-state index contributed by atoms with van der Waals surface area (Å²) in [5.74, 6) is 0. The van der Waals surface area contributed by atoms with Gasteiger partial charge in [-0.3, -0.25) is 0 Å². The Bertz CT molecular complexity index is 464. The highest BCUT2D eigenvalue weighted by molar-refractivity contribution is 6.30. The van der Waals surface area contributed by atoms with Crippen LogP contribution in [0.3, 0.4) is 0 Å². The molecule has 1 aromatic carbocycles. The molecule has 21 heavy (non-hydrogen) atoms. The minimum absolute atomic E-state index is 0.0614. The van der Waals surface area contributed by atoms with Crippen LogP contribution in [0.4, 0.5) is 4.79 Å². The van der Waals surface area contributed by atoms with Gasteiger partial charge in [-0.15, -0.1) is 0 Å². The molecule has 2 amide bonds. The number of halogens is 1. The van der Waals surface area contributed by atoms with Gasteiger partial charge in [0.05, 0.1) is 12.6 Å². The molecule has 2 N–H and O–H groups in total. The van der Waals surface area contributed by atoms with E-state index in [0.29, 0.717) is 37.7 Å². The fourth-order valence-corrected chi connectivity index (χ4v) is 2.50. The highest BCUT2D eigenvalue weighted by Gasteiger charge is 2.21. The number of rotatable bonds is 6. The first-order valence-electron chi connectivity index (χ1n) is 7.17. The number of hydrogen-bond acceptors (Lipinski definition) is 3. The smallest absolute Gasteiger partial charge is 0.317 e. The topological polar surface area (TPSA) is 61.8 Å². The third-order valence-corrected chi connectivity index (χ3v) is 3.63. The van der Waals surface area contributed by atoms with Crippen molar-refractivity contribution < 1.29 is 14.6 Å². The Labute approximate surface area is 129 Å². The molecule has 0 saturated carbocycles. The lowest BCUT2D eigenvalue weighted by Crippen LogP contribution is -2.45. The van der Waals surface area contributed by atoms with Gasteiger partial charge < -0.3 is 20.1 Å². The fraction of sp³-hybridized carbons (Fsp3) is 0.533. The minimum Gasteiger partial charge on any atom is -0.396 e. The van der Waals surface area contributed by atoms with Crippen LogP contribution in [0.5, 0.6) is 0 Å². The average molecular weight is 313 g/mol. The van der Waals surface area contributed by atoms with Gasteiger partial charge in [-0.25, -0.2) is 4.79 Å². The molecule has 1 aliphatic heterocycles. The molecule has 0 spiro atoms. The van der Waals surface area contributed by atoms with Gasteiger partial charge in [-0.2, -0.15) is 0 Å². The number of carbonyl (C=O) groups is 1. The summed E-state index contributed by atoms with van der Waals surface area (Å²) in [7, 11) is 0. The van der Waals surface area contributed by atoms with E-state index < -0.39 is 0 Å². The fourth-order valence-electron chi connectivity index (χ4n) is 2.28. The normalized spacial score (nSPS) is 17.7. The second-order valence-electron chi connectivity index (χ2n) is 5.14. The molecular formula is C15H21ClN2O3. The van der Waals surface area contributed by atoms with Crippen LogP contribution < -0.4 is 5.32 Å². The van der Waals surface area contributed by atoms with E-state index in [9.17, 15) is 4.79 Å². The highest BCUT2D eigenvalue weighted by Crippen LogP contribution is 2.13. The number of carbonyl (C=O) groups excluding carboxylic acids is 1. The number of ether oxygens (including phenoxy) is 1. The number of amides is 2. The predicted octanol–water partition coefficient (Wildman–Crippen LogP) is 2.02. The molecule has 0 aromatic heterocycles. The molecule has 0 aliphatic carbocycles. The summed E-state index contributed by atoms with van der Waals surface area (Å²) in [6.45, 7) is 2.29. The van der Waals surface area contributed by atoms with Gasteiger partial charge >= 0.3 is 6.03 Å². The summed E-state index contributed by atoms with van der Waals surface area (Å²) < 4.78 is 5.26. The largest absolute Gasteiger partial charge is 0.396 e. The molecule has 0 radical (unpaired) electrons. The van der Waals surface area contributed by atoms with Crippen LogP contribution in [-0.4, -0.2) is 48.4 Å². The third kappa shape index (κ3) is 5.19. The van der Waals surface area contributed by atoms with Gasteiger partial charge in [-0.05, 0) is 30.5 Å². The van der Waals surface area contributed by atoms with Crippen LogP contribution in [0, 0.1) is 0 Å². The standard InChI is InChI=1S/C15H21ClN2O3/c16-13-4-1-3-12(9-13)10-18(6-2-7-19)15(20)17-14-5-8-21-11-14/h1,3-4,9,14,19H,2,5-8,10-11H2,(H,17,20). The van der Waals surface area contributed by atoms with E-state index in [1.807, 2.05) is 18.2 Å². The predicted molar refractivity (Wildman–Crippen MR) is 81.3 cm³/mol. The van der Waals surface area contributed by atoms with Crippen LogP contribution in [0.1, 0.15) is 18.4 Å². The van der Waals surface area contributed by atoms with E-state index in [4.69, 9.17) is 21.4 Å². The second-order valence-corrected chi connectivity index (χ2v) is 5.58. The Morgan fingerprint density at radius 2 is 2.38 bits per heavy atom. The van der Waals surface area contributed by atoms with Crippen LogP contribution in [0.25, 0.3) is 0 Å². The van der Waals surface area contributed by atoms with Crippen molar-refractivity contribution in [2.45, 2.75) is 25.4 Å². The zero-order chi connectivity index (χ0) is 15.1. The summed E-state index contributed by atoms with van der Waals surface area (Å²) in [6, 6.07) is 7.40. The Hall–Kier alpha value is -1.30. The van der Waals surface area contributed by atoms with Gasteiger partial charge in [-0.1, -0.05) is 23.7 Å². The minimum atomic E-state index is -0.126. The Kier molecular flexibility index (Phi) is 6.29. The zero-order valence-electron chi connectivity index (χ0n) is 11.9. The van der Waals surface area contributed by atoms with E-state index >= 15 is 0 Å². The van der Waals surface area contributed by atoms with Crippen LogP contribution >= 0.6 is 11.6 Å². The molecule has 1 fully saturated rings. The second kappa shape index (κ2) is 8.22. The van der Waals surface area contributed by atoms with E-state index in [1.165, 1.54) is 0 Å². The number of benzene rings is 1. The van der Waals surface area contributed by atoms with Gasteiger partial charge in [0.2, 0.25) is 0 Å². The average Bonchev–Trinajstić information content (AvgIpc) is 2.96. The molecule has 116 valence electrons. The van der Waals surface area contributed by atoms with Gasteiger partial charge in [0, 0.05) is 31.3 Å². The van der Waals surface area contributed by atoms with Crippen molar-refractivity contribution in [1.29, 1.82) is 0 Å². The molecule has 0 bridgehead atoms. The molecule has 1 unspecified atom stereocenters. The highest BCUT2D eigenvalue weighted by atomic mass is 35.5. The Morgan fingerprint density at radius 1 is 1.52 bits per heavy atom. The number of aliphatic hydroxyl groups is 1. The monoisotopic (exact) mass is 312 g/mol. The van der Waals surface area contributed by atoms with Crippen molar-refractivity contribution in [2.24, 2.45) is 0 Å². The molecule has 5 nitrogen and oxygen atoms in total. The number of hydrogen-bond donors (Lipinski definition) is 2. The van der Waals surface area contributed by atoms with E-state index in [0.717, 1.165) is 12.0 Å². The molecule has 1 aliphatic rings. The van der Waals surface area contributed by atoms with Gasteiger partial charge in [0.25, 0.3) is 0 Å². The molecule has 6 heteroatoms. The molecule has 1 saturated heterocycles. The lowest BCUT2D eigenvalue weighted by Gasteiger charge is -2.24. The molecule has 1 heterocycles. The van der Waals surface area contributed by atoms with Crippen molar-refractivity contribution in [3.8, 4) is 0 Å². The van der Waals surface area contributed by atoms with E-state index in [-0.39, 0.29) is 18.7 Å². The summed E-state index contributed by atoms with van der Waals surface area (Å²) >= 11 is 5.97. The number of nitrogens with one attached hydrogen (secondary N) is 1. The number of nitrogens with zero attached hydrogens (tertiary/aromatic N) is 1. The first-order chi connectivity index (χ1) is 10.2. The first-order valence-corrected chi connectivity index (χ1v) is 7.55. The summed E-state index contributed by atoms with van der Waals surface area (Å²) in [5.41, 5.74) is 0.971. The van der Waals surface area contributed by atoms with Crippen LogP contribution in [-0.2, 0) is 11.3 Å². The van der Waals surface area contributed by atoms with Crippen molar-refractivity contribution in [3.05, 3.63) is 34.9 Å². The van der Waals surface area contributed by atoms with Crippen molar-refractivity contribution in [2.75, 3.05) is 26.4 Å². The molecular weight excluding hydrogens is 292 g/mol. The Morgan fingerprint density at radius 3 is 3.05 bits per heavy atom. The maximum absolute atomic E-state index is 12.3. The number of aliphatic hydroxyl groups excluding tert-OH is 1. The van der Waals surface area contributed by atoms with Crippen LogP contribution in [0.15, 0.2) is 24.3 Å². The van der Waals surface area contributed by atoms with Crippen molar-refractivity contribution in [3.63, 3.8) is 0 Å². The molecule has 1 aromatic rings. The summed E-state index contributed by atoms with van der Waals surface area (Å²) in [6.07, 6.45) is 1.39. The van der Waals surface area contributed by atoms with Crippen molar-refractivity contribution >= 4 is 17.6 Å². The summed E-state index contributed by atoms with van der Waals surface area (Å²) in [5, 5.41) is 12.6.